The summed E-state index contributed by atoms with van der Waals surface area (Å²) >= 11 is 5.96. The maximum Gasteiger partial charge on any atom is 0.337 e. The van der Waals surface area contributed by atoms with Gasteiger partial charge in [-0.05, 0) is 17.7 Å². The molecule has 2 N–H and O–H groups in total. The van der Waals surface area contributed by atoms with Gasteiger partial charge in [0.05, 0.1) is 21.2 Å². The first-order valence-corrected chi connectivity index (χ1v) is 8.60. The van der Waals surface area contributed by atoms with Gasteiger partial charge in [0.1, 0.15) is 0 Å². The van der Waals surface area contributed by atoms with E-state index in [9.17, 15) is 18.3 Å². The summed E-state index contributed by atoms with van der Waals surface area (Å²) in [7, 11) is -3.60. The van der Waals surface area contributed by atoms with Gasteiger partial charge in [-0.15, -0.1) is 0 Å². The Morgan fingerprint density at radius 1 is 1.23 bits per heavy atom. The predicted molar refractivity (Wildman–Crippen MR) is 85.3 cm³/mol. The van der Waals surface area contributed by atoms with Crippen molar-refractivity contribution in [3.63, 3.8) is 0 Å². The number of benzene rings is 2. The molecule has 0 spiro atoms. The lowest BCUT2D eigenvalue weighted by molar-refractivity contribution is 0.0697. The zero-order chi connectivity index (χ0) is 16.3. The van der Waals surface area contributed by atoms with Gasteiger partial charge in [-0.1, -0.05) is 41.9 Å². The maximum absolute atomic E-state index is 11.6. The number of aromatic carboxylic acids is 1. The fourth-order valence-corrected chi connectivity index (χ4v) is 3.28. The molecule has 22 heavy (non-hydrogen) atoms. The number of sulfone groups is 1. The molecule has 0 unspecified atom stereocenters. The Hall–Kier alpha value is -2.05. The highest BCUT2D eigenvalue weighted by molar-refractivity contribution is 7.90. The first kappa shape index (κ1) is 16.3. The van der Waals surface area contributed by atoms with Crippen LogP contribution in [0.1, 0.15) is 15.9 Å². The summed E-state index contributed by atoms with van der Waals surface area (Å²) in [6.45, 7) is 0.398. The van der Waals surface area contributed by atoms with Gasteiger partial charge < -0.3 is 10.4 Å². The summed E-state index contributed by atoms with van der Waals surface area (Å²) in [5.74, 6) is -1.22. The van der Waals surface area contributed by atoms with Crippen molar-refractivity contribution >= 4 is 33.1 Å². The van der Waals surface area contributed by atoms with Crippen LogP contribution >= 0.6 is 11.6 Å². The number of nitrogens with one attached hydrogen (secondary N) is 1. The summed E-state index contributed by atoms with van der Waals surface area (Å²) in [5, 5.41) is 12.2. The van der Waals surface area contributed by atoms with E-state index in [0.29, 0.717) is 6.54 Å². The van der Waals surface area contributed by atoms with Gasteiger partial charge in [-0.25, -0.2) is 13.2 Å². The standard InChI is InChI=1S/C15H14ClNO4S/c1-22(20,21)14-7-11(15(18)19)13(8-12(14)16)17-9-10-5-3-2-4-6-10/h2-8,17H,9H2,1H3,(H,18,19). The molecule has 0 saturated heterocycles. The van der Waals surface area contributed by atoms with Crippen LogP contribution in [0.25, 0.3) is 0 Å². The van der Waals surface area contributed by atoms with E-state index in [2.05, 4.69) is 5.32 Å². The molecule has 0 aliphatic rings. The Balaban J connectivity index is 2.39. The van der Waals surface area contributed by atoms with Crippen molar-refractivity contribution in [2.24, 2.45) is 0 Å². The maximum atomic E-state index is 11.6. The summed E-state index contributed by atoms with van der Waals surface area (Å²) < 4.78 is 23.2. The molecule has 0 fully saturated rings. The number of hydrogen-bond acceptors (Lipinski definition) is 4. The molecule has 2 aromatic rings. The van der Waals surface area contributed by atoms with Crippen LogP contribution in [-0.2, 0) is 16.4 Å². The fourth-order valence-electron chi connectivity index (χ4n) is 1.95. The Bertz CT molecular complexity index is 804. The Morgan fingerprint density at radius 2 is 1.86 bits per heavy atom. The zero-order valence-electron chi connectivity index (χ0n) is 11.7. The van der Waals surface area contributed by atoms with Crippen molar-refractivity contribution in [3.05, 3.63) is 58.6 Å². The molecule has 7 heteroatoms. The summed E-state index contributed by atoms with van der Waals surface area (Å²) in [6.07, 6.45) is 0.983. The molecule has 0 aromatic heterocycles. The molecule has 0 saturated carbocycles. The highest BCUT2D eigenvalue weighted by Crippen LogP contribution is 2.29. The largest absolute Gasteiger partial charge is 0.478 e. The van der Waals surface area contributed by atoms with Crippen molar-refractivity contribution in [2.75, 3.05) is 11.6 Å². The molecule has 0 aliphatic heterocycles. The number of anilines is 1. The van der Waals surface area contributed by atoms with Crippen molar-refractivity contribution in [1.82, 2.24) is 0 Å². The molecule has 2 aromatic carbocycles. The third kappa shape index (κ3) is 3.78. The number of rotatable bonds is 5. The van der Waals surface area contributed by atoms with E-state index in [4.69, 9.17) is 11.6 Å². The van der Waals surface area contributed by atoms with Gasteiger partial charge >= 0.3 is 5.97 Å². The van der Waals surface area contributed by atoms with Gasteiger partial charge in [-0.3, -0.25) is 0 Å². The highest BCUT2D eigenvalue weighted by atomic mass is 35.5. The van der Waals surface area contributed by atoms with Crippen molar-refractivity contribution in [2.45, 2.75) is 11.4 Å². The van der Waals surface area contributed by atoms with Crippen molar-refractivity contribution < 1.29 is 18.3 Å². The van der Waals surface area contributed by atoms with Crippen LogP contribution in [0.15, 0.2) is 47.4 Å². The third-order valence-electron chi connectivity index (χ3n) is 3.03. The number of carboxylic acid groups (broad SMARTS) is 1. The minimum atomic E-state index is -3.60. The van der Waals surface area contributed by atoms with Crippen LogP contribution in [0, 0.1) is 0 Å². The topological polar surface area (TPSA) is 83.5 Å². The lowest BCUT2D eigenvalue weighted by Gasteiger charge is -2.12. The Kier molecular flexibility index (Phi) is 4.73. The average molecular weight is 340 g/mol. The molecular formula is C15H14ClNO4S. The van der Waals surface area contributed by atoms with Gasteiger partial charge in [0.25, 0.3) is 0 Å². The lowest BCUT2D eigenvalue weighted by Crippen LogP contribution is -2.09. The van der Waals surface area contributed by atoms with Gasteiger partial charge in [0, 0.05) is 12.8 Å². The van der Waals surface area contributed by atoms with E-state index in [-0.39, 0.29) is 21.2 Å². The molecule has 0 aliphatic carbocycles. The molecule has 0 bridgehead atoms. The normalized spacial score (nSPS) is 11.2. The summed E-state index contributed by atoms with van der Waals surface area (Å²) in [4.78, 5) is 11.1. The van der Waals surface area contributed by atoms with Crippen LogP contribution in [-0.4, -0.2) is 25.7 Å². The first-order valence-electron chi connectivity index (χ1n) is 6.33. The van der Waals surface area contributed by atoms with Crippen LogP contribution in [0.5, 0.6) is 0 Å². The Labute approximate surface area is 133 Å². The van der Waals surface area contributed by atoms with E-state index >= 15 is 0 Å². The third-order valence-corrected chi connectivity index (χ3v) is 4.59. The summed E-state index contributed by atoms with van der Waals surface area (Å²) in [5.41, 5.74) is 1.09. The van der Waals surface area contributed by atoms with Crippen molar-refractivity contribution in [3.8, 4) is 0 Å². The highest BCUT2D eigenvalue weighted by Gasteiger charge is 2.19. The second-order valence-electron chi connectivity index (χ2n) is 4.74. The number of hydrogen-bond donors (Lipinski definition) is 2. The molecule has 0 radical (unpaired) electrons. The summed E-state index contributed by atoms with van der Waals surface area (Å²) in [6, 6.07) is 11.8. The lowest BCUT2D eigenvalue weighted by atomic mass is 10.1. The molecular weight excluding hydrogens is 326 g/mol. The molecule has 0 atom stereocenters. The first-order chi connectivity index (χ1) is 10.3. The number of carboxylic acids is 1. The smallest absolute Gasteiger partial charge is 0.337 e. The van der Waals surface area contributed by atoms with Crippen LogP contribution < -0.4 is 5.32 Å². The van der Waals surface area contributed by atoms with Crippen molar-refractivity contribution in [1.29, 1.82) is 0 Å². The Morgan fingerprint density at radius 3 is 2.41 bits per heavy atom. The molecule has 0 heterocycles. The van der Waals surface area contributed by atoms with E-state index in [0.717, 1.165) is 17.9 Å². The second-order valence-corrected chi connectivity index (χ2v) is 7.14. The van der Waals surface area contributed by atoms with Crippen LogP contribution in [0.4, 0.5) is 5.69 Å². The predicted octanol–water partition coefficient (Wildman–Crippen LogP) is 3.05. The van der Waals surface area contributed by atoms with Crippen LogP contribution in [0.3, 0.4) is 0 Å². The SMILES string of the molecule is CS(=O)(=O)c1cc(C(=O)O)c(NCc2ccccc2)cc1Cl. The molecule has 2 rings (SSSR count). The number of carbonyl (C=O) groups is 1. The van der Waals surface area contributed by atoms with E-state index in [1.807, 2.05) is 30.3 Å². The van der Waals surface area contributed by atoms with E-state index in [1.54, 1.807) is 0 Å². The molecule has 5 nitrogen and oxygen atoms in total. The number of halogens is 1. The van der Waals surface area contributed by atoms with Gasteiger partial charge in [0.2, 0.25) is 0 Å². The van der Waals surface area contributed by atoms with Gasteiger partial charge in [0.15, 0.2) is 9.84 Å². The second kappa shape index (κ2) is 6.37. The van der Waals surface area contributed by atoms with E-state index < -0.39 is 15.8 Å². The zero-order valence-corrected chi connectivity index (χ0v) is 13.3. The average Bonchev–Trinajstić information content (AvgIpc) is 2.44. The molecule has 116 valence electrons. The minimum Gasteiger partial charge on any atom is -0.478 e. The van der Waals surface area contributed by atoms with E-state index in [1.165, 1.54) is 6.07 Å². The molecule has 0 amide bonds. The quantitative estimate of drug-likeness (QED) is 0.874. The van der Waals surface area contributed by atoms with Gasteiger partial charge in [-0.2, -0.15) is 0 Å². The minimum absolute atomic E-state index is 0.0111. The monoisotopic (exact) mass is 339 g/mol. The van der Waals surface area contributed by atoms with Crippen LogP contribution in [0.2, 0.25) is 5.02 Å². The fraction of sp³-hybridized carbons (Fsp3) is 0.133.